The summed E-state index contributed by atoms with van der Waals surface area (Å²) in [5, 5.41) is 5.70. The fourth-order valence-corrected chi connectivity index (χ4v) is 4.75. The number of thioether (sulfide) groups is 1. The van der Waals surface area contributed by atoms with Crippen molar-refractivity contribution in [3.8, 4) is 11.1 Å². The van der Waals surface area contributed by atoms with Gasteiger partial charge in [0.1, 0.15) is 12.6 Å². The monoisotopic (exact) mass is 484 g/mol. The Hall–Kier alpha value is -2.38. The highest BCUT2D eigenvalue weighted by atomic mass is 32.2. The molecule has 1 aliphatic rings. The van der Waals surface area contributed by atoms with Crippen LogP contribution >= 0.6 is 24.4 Å². The van der Waals surface area contributed by atoms with Crippen LogP contribution in [-0.4, -0.2) is 42.0 Å². The van der Waals surface area contributed by atoms with Crippen LogP contribution in [-0.2, 0) is 9.53 Å². The Morgan fingerprint density at radius 2 is 1.73 bits per heavy atom. The molecular formula is C26H32N2O3S2. The minimum absolute atomic E-state index is 0.0132. The summed E-state index contributed by atoms with van der Waals surface area (Å²) in [7, 11) is 0. The highest BCUT2D eigenvalue weighted by Gasteiger charge is 2.30. The summed E-state index contributed by atoms with van der Waals surface area (Å²) in [4.78, 5) is 25.4. The molecule has 0 bridgehead atoms. The van der Waals surface area contributed by atoms with Gasteiger partial charge >= 0.3 is 6.09 Å². The minimum Gasteiger partial charge on any atom is -0.449 e. The van der Waals surface area contributed by atoms with Crippen molar-refractivity contribution in [2.24, 2.45) is 5.92 Å². The van der Waals surface area contributed by atoms with Crippen LogP contribution < -0.4 is 10.6 Å². The van der Waals surface area contributed by atoms with Crippen molar-refractivity contribution in [2.45, 2.75) is 32.2 Å². The van der Waals surface area contributed by atoms with Gasteiger partial charge in [-0.2, -0.15) is 12.6 Å². The lowest BCUT2D eigenvalue weighted by Gasteiger charge is -2.23. The molecule has 0 aromatic heterocycles. The molecule has 2 atom stereocenters. The van der Waals surface area contributed by atoms with Gasteiger partial charge in [0.05, 0.1) is 5.88 Å². The Morgan fingerprint density at radius 1 is 1.09 bits per heavy atom. The summed E-state index contributed by atoms with van der Waals surface area (Å²) >= 11 is 5.72. The van der Waals surface area contributed by atoms with E-state index in [-0.39, 0.29) is 24.3 Å². The molecule has 0 unspecified atom stereocenters. The van der Waals surface area contributed by atoms with Crippen LogP contribution in [0.4, 0.5) is 4.79 Å². The van der Waals surface area contributed by atoms with Gasteiger partial charge < -0.3 is 15.4 Å². The van der Waals surface area contributed by atoms with E-state index >= 15 is 0 Å². The van der Waals surface area contributed by atoms with Gasteiger partial charge in [0.15, 0.2) is 0 Å². The largest absolute Gasteiger partial charge is 0.449 e. The molecule has 2 aromatic rings. The third-order valence-corrected chi connectivity index (χ3v) is 6.93. The number of hydrogen-bond acceptors (Lipinski definition) is 5. The van der Waals surface area contributed by atoms with Gasteiger partial charge in [-0.1, -0.05) is 81.0 Å². The SMILES string of the molecule is CC[C@H](C)[C@H](NC(=O)OCC1c2ccccc2-c2ccccc21)C(=O)NCSC/C=C\CS. The van der Waals surface area contributed by atoms with E-state index in [9.17, 15) is 9.59 Å². The van der Waals surface area contributed by atoms with Crippen molar-refractivity contribution in [1.82, 2.24) is 10.6 Å². The Morgan fingerprint density at radius 3 is 2.33 bits per heavy atom. The number of rotatable bonds is 11. The summed E-state index contributed by atoms with van der Waals surface area (Å²) in [6.45, 7) is 4.18. The molecule has 0 aliphatic heterocycles. The molecule has 176 valence electrons. The van der Waals surface area contributed by atoms with E-state index in [1.165, 1.54) is 11.1 Å². The Labute approximate surface area is 206 Å². The molecule has 0 spiro atoms. The molecule has 0 fully saturated rings. The highest BCUT2D eigenvalue weighted by molar-refractivity contribution is 7.99. The molecule has 33 heavy (non-hydrogen) atoms. The van der Waals surface area contributed by atoms with Gasteiger partial charge in [0.2, 0.25) is 5.91 Å². The van der Waals surface area contributed by atoms with Crippen molar-refractivity contribution in [3.63, 3.8) is 0 Å². The van der Waals surface area contributed by atoms with Crippen LogP contribution in [0.15, 0.2) is 60.7 Å². The molecule has 5 nitrogen and oxygen atoms in total. The Kier molecular flexibility index (Phi) is 9.76. The average molecular weight is 485 g/mol. The molecule has 2 N–H and O–H groups in total. The molecule has 0 heterocycles. The van der Waals surface area contributed by atoms with Gasteiger partial charge in [0, 0.05) is 17.4 Å². The van der Waals surface area contributed by atoms with Crippen LogP contribution in [0.25, 0.3) is 11.1 Å². The first kappa shape index (κ1) is 25.2. The van der Waals surface area contributed by atoms with Crippen molar-refractivity contribution in [3.05, 3.63) is 71.8 Å². The van der Waals surface area contributed by atoms with Crippen molar-refractivity contribution in [1.29, 1.82) is 0 Å². The van der Waals surface area contributed by atoms with E-state index in [0.29, 0.717) is 11.6 Å². The first-order chi connectivity index (χ1) is 16.1. The maximum absolute atomic E-state index is 12.7. The molecular weight excluding hydrogens is 452 g/mol. The lowest BCUT2D eigenvalue weighted by Crippen LogP contribution is -2.50. The van der Waals surface area contributed by atoms with E-state index in [4.69, 9.17) is 4.74 Å². The lowest BCUT2D eigenvalue weighted by molar-refractivity contribution is -0.123. The van der Waals surface area contributed by atoms with Crippen molar-refractivity contribution >= 4 is 36.4 Å². The molecule has 3 rings (SSSR count). The van der Waals surface area contributed by atoms with Crippen LogP contribution in [0.2, 0.25) is 0 Å². The first-order valence-electron chi connectivity index (χ1n) is 11.3. The number of ether oxygens (including phenoxy) is 1. The third-order valence-electron chi connectivity index (χ3n) is 5.95. The number of alkyl carbamates (subject to hydrolysis) is 1. The summed E-state index contributed by atoms with van der Waals surface area (Å²) in [5.74, 6) is 1.76. The number of carbonyl (C=O) groups excluding carboxylic acids is 2. The normalized spacial score (nSPS) is 14.4. The minimum atomic E-state index is -0.640. The van der Waals surface area contributed by atoms with Crippen molar-refractivity contribution < 1.29 is 14.3 Å². The Bertz CT molecular complexity index is 934. The molecule has 0 saturated carbocycles. The second-order valence-electron chi connectivity index (χ2n) is 8.04. The average Bonchev–Trinajstić information content (AvgIpc) is 3.16. The van der Waals surface area contributed by atoms with Crippen molar-refractivity contribution in [2.75, 3.05) is 24.0 Å². The lowest BCUT2D eigenvalue weighted by atomic mass is 9.98. The summed E-state index contributed by atoms with van der Waals surface area (Å²) in [6, 6.07) is 15.8. The summed E-state index contributed by atoms with van der Waals surface area (Å²) in [6.07, 6.45) is 4.19. The third kappa shape index (κ3) is 6.58. The quantitative estimate of drug-likeness (QED) is 0.177. The van der Waals surface area contributed by atoms with E-state index in [2.05, 4.69) is 47.5 Å². The van der Waals surface area contributed by atoms with E-state index in [1.54, 1.807) is 11.8 Å². The van der Waals surface area contributed by atoms with E-state index in [1.807, 2.05) is 50.3 Å². The molecule has 0 saturated heterocycles. The van der Waals surface area contributed by atoms with Crippen LogP contribution in [0.1, 0.15) is 37.3 Å². The predicted octanol–water partition coefficient (Wildman–Crippen LogP) is 5.23. The van der Waals surface area contributed by atoms with Gasteiger partial charge in [-0.3, -0.25) is 4.79 Å². The van der Waals surface area contributed by atoms with Crippen LogP contribution in [0.3, 0.4) is 0 Å². The zero-order valence-electron chi connectivity index (χ0n) is 19.1. The zero-order valence-corrected chi connectivity index (χ0v) is 20.8. The summed E-state index contributed by atoms with van der Waals surface area (Å²) in [5.41, 5.74) is 4.68. The maximum Gasteiger partial charge on any atom is 0.407 e. The standard InChI is InChI=1S/C26H32N2O3S2/c1-3-18(2)24(25(29)27-17-33-15-9-8-14-32)28-26(30)31-16-23-21-12-6-4-10-19(21)20-11-5-7-13-22(20)23/h4-13,18,23-24,32H,3,14-17H2,1-2H3,(H,27,29)(H,28,30)/b9-8-/t18-,24-/m0/s1. The first-order valence-corrected chi connectivity index (χ1v) is 13.1. The number of hydrogen-bond donors (Lipinski definition) is 3. The number of nitrogens with one attached hydrogen (secondary N) is 2. The smallest absolute Gasteiger partial charge is 0.407 e. The fourth-order valence-electron chi connectivity index (χ4n) is 3.97. The molecule has 2 amide bonds. The zero-order chi connectivity index (χ0) is 23.6. The molecule has 7 heteroatoms. The summed E-state index contributed by atoms with van der Waals surface area (Å²) < 4.78 is 5.63. The number of carbonyl (C=O) groups is 2. The van der Waals surface area contributed by atoms with Gasteiger partial charge in [-0.25, -0.2) is 4.79 Å². The molecule has 1 aliphatic carbocycles. The molecule has 2 aromatic carbocycles. The highest BCUT2D eigenvalue weighted by Crippen LogP contribution is 2.44. The number of fused-ring (bicyclic) bond motifs is 3. The van der Waals surface area contributed by atoms with Gasteiger partial charge in [-0.05, 0) is 28.2 Å². The predicted molar refractivity (Wildman–Crippen MR) is 140 cm³/mol. The van der Waals surface area contributed by atoms with E-state index < -0.39 is 12.1 Å². The van der Waals surface area contributed by atoms with Crippen LogP contribution in [0, 0.1) is 5.92 Å². The fraction of sp³-hybridized carbons (Fsp3) is 0.385. The van der Waals surface area contributed by atoms with Crippen LogP contribution in [0.5, 0.6) is 0 Å². The maximum atomic E-state index is 12.7. The number of thiol groups is 1. The van der Waals surface area contributed by atoms with E-state index in [0.717, 1.165) is 23.3 Å². The second-order valence-corrected chi connectivity index (χ2v) is 9.44. The molecule has 0 radical (unpaired) electrons. The topological polar surface area (TPSA) is 67.4 Å². The number of benzene rings is 2. The Balaban J connectivity index is 1.57. The number of amides is 2. The van der Waals surface area contributed by atoms with Gasteiger partial charge in [-0.15, -0.1) is 11.8 Å². The van der Waals surface area contributed by atoms with Gasteiger partial charge in [0.25, 0.3) is 0 Å². The second kappa shape index (κ2) is 12.8.